The van der Waals surface area contributed by atoms with Gasteiger partial charge in [0.05, 0.1) is 0 Å². The lowest BCUT2D eigenvalue weighted by molar-refractivity contribution is 0.0193. The van der Waals surface area contributed by atoms with Gasteiger partial charge in [0.25, 0.3) is 0 Å². The average molecular weight is 472 g/mol. The van der Waals surface area contributed by atoms with Crippen molar-refractivity contribution in [2.75, 3.05) is 38.7 Å². The van der Waals surface area contributed by atoms with Crippen LogP contribution < -0.4 is 10.6 Å². The van der Waals surface area contributed by atoms with E-state index in [0.29, 0.717) is 6.54 Å². The normalized spacial score (nSPS) is 18.6. The van der Waals surface area contributed by atoms with Crippen LogP contribution in [0.15, 0.2) is 4.99 Å². The highest BCUT2D eigenvalue weighted by Crippen LogP contribution is 2.15. The van der Waals surface area contributed by atoms with Crippen LogP contribution in [-0.2, 0) is 4.74 Å². The van der Waals surface area contributed by atoms with Crippen molar-refractivity contribution in [2.45, 2.75) is 51.7 Å². The molecule has 2 N–H and O–H groups in total. The van der Waals surface area contributed by atoms with Crippen molar-refractivity contribution in [1.82, 2.24) is 15.5 Å². The second-order valence-corrected chi connectivity index (χ2v) is 7.74. The molecule has 1 aliphatic rings. The van der Waals surface area contributed by atoms with Crippen molar-refractivity contribution < 1.29 is 9.53 Å². The second kappa shape index (κ2) is 12.1. The minimum absolute atomic E-state index is 0. The number of aliphatic imine (C=N–C) groups is 1. The Morgan fingerprint density at radius 1 is 1.42 bits per heavy atom. The summed E-state index contributed by atoms with van der Waals surface area (Å²) in [5.41, 5.74) is -0.452. The van der Waals surface area contributed by atoms with E-state index in [1.54, 1.807) is 11.9 Å². The number of nitrogens with one attached hydrogen (secondary N) is 2. The number of ether oxygens (including phenoxy) is 1. The molecule has 1 amide bonds. The van der Waals surface area contributed by atoms with E-state index in [2.05, 4.69) is 21.9 Å². The van der Waals surface area contributed by atoms with Gasteiger partial charge in [0.15, 0.2) is 5.96 Å². The van der Waals surface area contributed by atoms with Gasteiger partial charge in [-0.3, -0.25) is 4.99 Å². The smallest absolute Gasteiger partial charge is 0.410 e. The molecule has 1 unspecified atom stereocenters. The number of carbonyl (C=O) groups is 1. The standard InChI is InChI=1S/C16H32N4O2S.HI/c1-16(2,3)22-15(21)20-10-6-8-13(12-20)19-14(17-4)18-9-7-11-23-5;/h13H,6-12H2,1-5H3,(H2,17,18,19);1H. The first-order valence-electron chi connectivity index (χ1n) is 8.29. The lowest BCUT2D eigenvalue weighted by Gasteiger charge is -2.35. The molecule has 0 bridgehead atoms. The van der Waals surface area contributed by atoms with E-state index in [9.17, 15) is 4.79 Å². The number of nitrogens with zero attached hydrogens (tertiary/aromatic N) is 2. The van der Waals surface area contributed by atoms with Crippen LogP contribution in [0.1, 0.15) is 40.0 Å². The van der Waals surface area contributed by atoms with Gasteiger partial charge >= 0.3 is 6.09 Å². The minimum atomic E-state index is -0.452. The molecule has 0 saturated carbocycles. The van der Waals surface area contributed by atoms with Gasteiger partial charge in [0, 0.05) is 32.7 Å². The first kappa shape index (κ1) is 23.6. The molecule has 0 aromatic heterocycles. The molecule has 1 heterocycles. The number of rotatable bonds is 5. The Morgan fingerprint density at radius 2 is 2.12 bits per heavy atom. The van der Waals surface area contributed by atoms with Gasteiger partial charge in [0.1, 0.15) is 5.60 Å². The summed E-state index contributed by atoms with van der Waals surface area (Å²) in [6.45, 7) is 8.00. The van der Waals surface area contributed by atoms with Crippen molar-refractivity contribution in [1.29, 1.82) is 0 Å². The molecule has 1 fully saturated rings. The monoisotopic (exact) mass is 472 g/mol. The van der Waals surface area contributed by atoms with Crippen molar-refractivity contribution in [3.8, 4) is 0 Å². The first-order chi connectivity index (χ1) is 10.9. The molecule has 0 aromatic rings. The fraction of sp³-hybridized carbons (Fsp3) is 0.875. The number of halogens is 1. The zero-order valence-electron chi connectivity index (χ0n) is 15.6. The van der Waals surface area contributed by atoms with Crippen LogP contribution in [0.4, 0.5) is 4.79 Å². The molecule has 6 nitrogen and oxygen atoms in total. The van der Waals surface area contributed by atoms with Crippen molar-refractivity contribution in [3.05, 3.63) is 0 Å². The third-order valence-electron chi connectivity index (χ3n) is 3.46. The lowest BCUT2D eigenvalue weighted by Crippen LogP contribution is -2.53. The molecule has 0 aliphatic carbocycles. The Balaban J connectivity index is 0.00000529. The number of guanidine groups is 1. The molecular formula is C16H33IN4O2S. The maximum atomic E-state index is 12.2. The van der Waals surface area contributed by atoms with Gasteiger partial charge in [-0.15, -0.1) is 24.0 Å². The fourth-order valence-corrected chi connectivity index (χ4v) is 2.83. The van der Waals surface area contributed by atoms with Crippen LogP contribution >= 0.6 is 35.7 Å². The predicted molar refractivity (Wildman–Crippen MR) is 114 cm³/mol. The predicted octanol–water partition coefficient (Wildman–Crippen LogP) is 2.92. The van der Waals surface area contributed by atoms with Crippen molar-refractivity contribution in [2.24, 2.45) is 4.99 Å². The Hall–Kier alpha value is -0.380. The molecular weight excluding hydrogens is 439 g/mol. The van der Waals surface area contributed by atoms with Crippen LogP contribution in [0.2, 0.25) is 0 Å². The van der Waals surface area contributed by atoms with E-state index < -0.39 is 5.60 Å². The van der Waals surface area contributed by atoms with Gasteiger partial charge in [-0.1, -0.05) is 0 Å². The Bertz CT molecular complexity index is 402. The lowest BCUT2D eigenvalue weighted by atomic mass is 10.1. The SMILES string of the molecule is CN=C(NCCCSC)NC1CCCN(C(=O)OC(C)(C)C)C1.I. The van der Waals surface area contributed by atoms with Crippen LogP contribution in [-0.4, -0.2) is 67.3 Å². The highest BCUT2D eigenvalue weighted by molar-refractivity contribution is 14.0. The van der Waals surface area contributed by atoms with Crippen LogP contribution in [0.3, 0.4) is 0 Å². The highest BCUT2D eigenvalue weighted by Gasteiger charge is 2.27. The van der Waals surface area contributed by atoms with Crippen molar-refractivity contribution in [3.63, 3.8) is 0 Å². The molecule has 142 valence electrons. The minimum Gasteiger partial charge on any atom is -0.444 e. The summed E-state index contributed by atoms with van der Waals surface area (Å²) >= 11 is 1.85. The Labute approximate surface area is 168 Å². The number of hydrogen-bond donors (Lipinski definition) is 2. The third-order valence-corrected chi connectivity index (χ3v) is 4.15. The summed E-state index contributed by atoms with van der Waals surface area (Å²) in [6.07, 6.45) is 4.99. The maximum Gasteiger partial charge on any atom is 0.410 e. The number of thioether (sulfide) groups is 1. The third kappa shape index (κ3) is 9.80. The first-order valence-corrected chi connectivity index (χ1v) is 9.69. The van der Waals surface area contributed by atoms with E-state index in [1.165, 1.54) is 0 Å². The zero-order valence-corrected chi connectivity index (χ0v) is 18.7. The number of amides is 1. The molecule has 1 aliphatic heterocycles. The summed E-state index contributed by atoms with van der Waals surface area (Å²) in [6, 6.07) is 0.211. The molecule has 0 aromatic carbocycles. The molecule has 1 rings (SSSR count). The second-order valence-electron chi connectivity index (χ2n) is 6.76. The van der Waals surface area contributed by atoms with Crippen LogP contribution in [0, 0.1) is 0 Å². The summed E-state index contributed by atoms with van der Waals surface area (Å²) in [5.74, 6) is 1.95. The average Bonchev–Trinajstić information content (AvgIpc) is 2.49. The van der Waals surface area contributed by atoms with Gasteiger partial charge in [0.2, 0.25) is 0 Å². The van der Waals surface area contributed by atoms with Crippen molar-refractivity contribution >= 4 is 47.8 Å². The summed E-state index contributed by atoms with van der Waals surface area (Å²) in [5, 5.41) is 6.74. The summed E-state index contributed by atoms with van der Waals surface area (Å²) in [4.78, 5) is 18.2. The van der Waals surface area contributed by atoms with E-state index in [4.69, 9.17) is 4.74 Å². The summed E-state index contributed by atoms with van der Waals surface area (Å²) < 4.78 is 5.46. The molecule has 0 radical (unpaired) electrons. The topological polar surface area (TPSA) is 66.0 Å². The summed E-state index contributed by atoms with van der Waals surface area (Å²) in [7, 11) is 1.78. The van der Waals surface area contributed by atoms with Crippen LogP contribution in [0.25, 0.3) is 0 Å². The molecule has 8 heteroatoms. The number of piperidine rings is 1. The van der Waals surface area contributed by atoms with Gasteiger partial charge < -0.3 is 20.3 Å². The highest BCUT2D eigenvalue weighted by atomic mass is 127. The molecule has 0 spiro atoms. The van der Waals surface area contributed by atoms with E-state index >= 15 is 0 Å². The van der Waals surface area contributed by atoms with E-state index in [0.717, 1.165) is 44.1 Å². The quantitative estimate of drug-likeness (QED) is 0.279. The largest absolute Gasteiger partial charge is 0.444 e. The van der Waals surface area contributed by atoms with E-state index in [-0.39, 0.29) is 36.1 Å². The van der Waals surface area contributed by atoms with Gasteiger partial charge in [-0.2, -0.15) is 11.8 Å². The number of likely N-dealkylation sites (tertiary alicyclic amines) is 1. The molecule has 1 atom stereocenters. The Kier molecular flexibility index (Phi) is 11.9. The van der Waals surface area contributed by atoms with E-state index in [1.807, 2.05) is 32.5 Å². The maximum absolute atomic E-state index is 12.2. The van der Waals surface area contributed by atoms with Crippen LogP contribution in [0.5, 0.6) is 0 Å². The van der Waals surface area contributed by atoms with Gasteiger partial charge in [-0.25, -0.2) is 4.79 Å². The fourth-order valence-electron chi connectivity index (χ4n) is 2.40. The Morgan fingerprint density at radius 3 is 2.71 bits per heavy atom. The number of hydrogen-bond acceptors (Lipinski definition) is 4. The van der Waals surface area contributed by atoms with Gasteiger partial charge in [-0.05, 0) is 52.0 Å². The molecule has 1 saturated heterocycles. The zero-order chi connectivity index (χ0) is 17.3. The number of carbonyl (C=O) groups excluding carboxylic acids is 1. The molecule has 24 heavy (non-hydrogen) atoms.